The molecule has 0 aliphatic heterocycles. The Bertz CT molecular complexity index is 668. The molecule has 2 N–H and O–H groups in total. The number of nitrogens with one attached hydrogen (secondary N) is 2. The number of carbonyl (C=O) groups is 1. The molecule has 4 heteroatoms. The van der Waals surface area contributed by atoms with E-state index in [1.165, 1.54) is 0 Å². The van der Waals surface area contributed by atoms with Gasteiger partial charge in [0.15, 0.2) is 0 Å². The number of carbonyl (C=O) groups excluding carboxylic acids is 1. The molecular formula is C17H19BrN2O. The van der Waals surface area contributed by atoms with E-state index in [1.54, 1.807) is 0 Å². The van der Waals surface area contributed by atoms with E-state index in [0.717, 1.165) is 33.5 Å². The third-order valence-electron chi connectivity index (χ3n) is 3.16. The molecule has 0 spiro atoms. The number of hydrogen-bond acceptors (Lipinski definition) is 2. The summed E-state index contributed by atoms with van der Waals surface area (Å²) in [5, 5.41) is 6.19. The summed E-state index contributed by atoms with van der Waals surface area (Å²) in [7, 11) is 0. The van der Waals surface area contributed by atoms with Gasteiger partial charge in [0.05, 0.1) is 11.3 Å². The lowest BCUT2D eigenvalue weighted by atomic mass is 10.1. The minimum Gasteiger partial charge on any atom is -0.385 e. The number of aryl methyl sites for hydroxylation is 2. The molecule has 2 aromatic carbocycles. The highest BCUT2D eigenvalue weighted by Gasteiger charge is 2.13. The molecule has 0 fully saturated rings. The SMILES string of the molecule is CCNc1ccc(C)cc1C(=O)Nc1cc(C)ccc1Br. The summed E-state index contributed by atoms with van der Waals surface area (Å²) >= 11 is 3.46. The van der Waals surface area contributed by atoms with Gasteiger partial charge in [0.25, 0.3) is 5.91 Å². The number of anilines is 2. The third-order valence-corrected chi connectivity index (χ3v) is 3.85. The van der Waals surface area contributed by atoms with Gasteiger partial charge in [-0.2, -0.15) is 0 Å². The van der Waals surface area contributed by atoms with E-state index < -0.39 is 0 Å². The second-order valence-electron chi connectivity index (χ2n) is 5.02. The molecule has 0 saturated carbocycles. The van der Waals surface area contributed by atoms with Gasteiger partial charge in [0.2, 0.25) is 0 Å². The van der Waals surface area contributed by atoms with Crippen molar-refractivity contribution < 1.29 is 4.79 Å². The van der Waals surface area contributed by atoms with Crippen LogP contribution in [0.15, 0.2) is 40.9 Å². The van der Waals surface area contributed by atoms with Crippen molar-refractivity contribution >= 4 is 33.2 Å². The molecule has 3 nitrogen and oxygen atoms in total. The first-order valence-electron chi connectivity index (χ1n) is 6.93. The van der Waals surface area contributed by atoms with Gasteiger partial charge < -0.3 is 10.6 Å². The molecule has 0 heterocycles. The van der Waals surface area contributed by atoms with Crippen molar-refractivity contribution in [3.05, 3.63) is 57.6 Å². The largest absolute Gasteiger partial charge is 0.385 e. The standard InChI is InChI=1S/C17H19BrN2O/c1-4-19-15-8-6-11(2)9-13(15)17(21)20-16-10-12(3)5-7-14(16)18/h5-10,19H,4H2,1-3H3,(H,20,21). The molecule has 0 aliphatic rings. The van der Waals surface area contributed by atoms with E-state index in [-0.39, 0.29) is 5.91 Å². The molecule has 2 aromatic rings. The summed E-state index contributed by atoms with van der Waals surface area (Å²) < 4.78 is 0.874. The summed E-state index contributed by atoms with van der Waals surface area (Å²) in [6, 6.07) is 11.7. The molecule has 0 aromatic heterocycles. The van der Waals surface area contributed by atoms with Gasteiger partial charge >= 0.3 is 0 Å². The fourth-order valence-electron chi connectivity index (χ4n) is 2.12. The zero-order valence-electron chi connectivity index (χ0n) is 12.5. The van der Waals surface area contributed by atoms with E-state index in [0.29, 0.717) is 5.56 Å². The maximum atomic E-state index is 12.6. The van der Waals surface area contributed by atoms with Crippen molar-refractivity contribution in [2.24, 2.45) is 0 Å². The Balaban J connectivity index is 2.31. The molecule has 0 bridgehead atoms. The Hall–Kier alpha value is -1.81. The predicted molar refractivity (Wildman–Crippen MR) is 92.2 cm³/mol. The number of amides is 1. The van der Waals surface area contributed by atoms with Crippen LogP contribution in [0.3, 0.4) is 0 Å². The van der Waals surface area contributed by atoms with E-state index >= 15 is 0 Å². The van der Waals surface area contributed by atoms with Gasteiger partial charge in [-0.15, -0.1) is 0 Å². The van der Waals surface area contributed by atoms with Gasteiger partial charge in [0.1, 0.15) is 0 Å². The van der Waals surface area contributed by atoms with Gasteiger partial charge in [-0.25, -0.2) is 0 Å². The smallest absolute Gasteiger partial charge is 0.257 e. The Labute approximate surface area is 133 Å². The number of halogens is 1. The molecule has 0 atom stereocenters. The first-order valence-corrected chi connectivity index (χ1v) is 7.72. The summed E-state index contributed by atoms with van der Waals surface area (Å²) in [6.45, 7) is 6.77. The van der Waals surface area contributed by atoms with E-state index in [2.05, 4.69) is 26.6 Å². The Morgan fingerprint density at radius 1 is 1.05 bits per heavy atom. The third kappa shape index (κ3) is 3.85. The monoisotopic (exact) mass is 346 g/mol. The van der Waals surface area contributed by atoms with Crippen molar-refractivity contribution in [3.63, 3.8) is 0 Å². The molecule has 0 radical (unpaired) electrons. The van der Waals surface area contributed by atoms with Crippen LogP contribution in [0.4, 0.5) is 11.4 Å². The minimum atomic E-state index is -0.110. The van der Waals surface area contributed by atoms with E-state index in [9.17, 15) is 4.79 Å². The van der Waals surface area contributed by atoms with Crippen LogP contribution < -0.4 is 10.6 Å². The normalized spacial score (nSPS) is 10.3. The summed E-state index contributed by atoms with van der Waals surface area (Å²) in [5.41, 5.74) is 4.45. The van der Waals surface area contributed by atoms with Crippen LogP contribution in [0.1, 0.15) is 28.4 Å². The van der Waals surface area contributed by atoms with Gasteiger partial charge in [-0.05, 0) is 66.5 Å². The lowest BCUT2D eigenvalue weighted by Crippen LogP contribution is -2.15. The number of hydrogen-bond donors (Lipinski definition) is 2. The molecule has 2 rings (SSSR count). The average molecular weight is 347 g/mol. The van der Waals surface area contributed by atoms with Crippen LogP contribution in [0.5, 0.6) is 0 Å². The van der Waals surface area contributed by atoms with Gasteiger partial charge in [-0.1, -0.05) is 17.7 Å². The van der Waals surface area contributed by atoms with Crippen LogP contribution in [0, 0.1) is 13.8 Å². The number of benzene rings is 2. The van der Waals surface area contributed by atoms with Crippen molar-refractivity contribution in [2.75, 3.05) is 17.2 Å². The highest BCUT2D eigenvalue weighted by Crippen LogP contribution is 2.25. The summed E-state index contributed by atoms with van der Waals surface area (Å²) in [6.07, 6.45) is 0. The van der Waals surface area contributed by atoms with Gasteiger partial charge in [-0.3, -0.25) is 4.79 Å². The lowest BCUT2D eigenvalue weighted by Gasteiger charge is -2.13. The molecule has 21 heavy (non-hydrogen) atoms. The minimum absolute atomic E-state index is 0.110. The lowest BCUT2D eigenvalue weighted by molar-refractivity contribution is 0.102. The van der Waals surface area contributed by atoms with Crippen molar-refractivity contribution in [1.82, 2.24) is 0 Å². The van der Waals surface area contributed by atoms with Crippen LogP contribution in [0.2, 0.25) is 0 Å². The molecule has 110 valence electrons. The fourth-order valence-corrected chi connectivity index (χ4v) is 2.46. The van der Waals surface area contributed by atoms with Crippen molar-refractivity contribution in [1.29, 1.82) is 0 Å². The Morgan fingerprint density at radius 3 is 2.43 bits per heavy atom. The molecular weight excluding hydrogens is 328 g/mol. The topological polar surface area (TPSA) is 41.1 Å². The Morgan fingerprint density at radius 2 is 1.71 bits per heavy atom. The quantitative estimate of drug-likeness (QED) is 0.838. The fraction of sp³-hybridized carbons (Fsp3) is 0.235. The molecule has 0 saturated heterocycles. The zero-order valence-corrected chi connectivity index (χ0v) is 14.0. The highest BCUT2D eigenvalue weighted by atomic mass is 79.9. The predicted octanol–water partition coefficient (Wildman–Crippen LogP) is 4.75. The Kier molecular flexibility index (Phi) is 5.02. The van der Waals surface area contributed by atoms with E-state index in [4.69, 9.17) is 0 Å². The van der Waals surface area contributed by atoms with Crippen LogP contribution >= 0.6 is 15.9 Å². The molecule has 0 unspecified atom stereocenters. The summed E-state index contributed by atoms with van der Waals surface area (Å²) in [4.78, 5) is 12.6. The maximum absolute atomic E-state index is 12.6. The van der Waals surface area contributed by atoms with Crippen LogP contribution in [0.25, 0.3) is 0 Å². The summed E-state index contributed by atoms with van der Waals surface area (Å²) in [5.74, 6) is -0.110. The maximum Gasteiger partial charge on any atom is 0.257 e. The van der Waals surface area contributed by atoms with Crippen molar-refractivity contribution in [2.45, 2.75) is 20.8 Å². The van der Waals surface area contributed by atoms with E-state index in [1.807, 2.05) is 57.2 Å². The average Bonchev–Trinajstić information content (AvgIpc) is 2.45. The number of rotatable bonds is 4. The van der Waals surface area contributed by atoms with Crippen LogP contribution in [-0.4, -0.2) is 12.5 Å². The second kappa shape index (κ2) is 6.76. The molecule has 1 amide bonds. The van der Waals surface area contributed by atoms with Gasteiger partial charge in [0, 0.05) is 16.7 Å². The first kappa shape index (κ1) is 15.6. The zero-order chi connectivity index (χ0) is 15.4. The van der Waals surface area contributed by atoms with Crippen molar-refractivity contribution in [3.8, 4) is 0 Å². The first-order chi connectivity index (χ1) is 10.0. The molecule has 0 aliphatic carbocycles. The second-order valence-corrected chi connectivity index (χ2v) is 5.87. The van der Waals surface area contributed by atoms with Crippen LogP contribution in [-0.2, 0) is 0 Å². The highest BCUT2D eigenvalue weighted by molar-refractivity contribution is 9.10.